The average molecular weight is 388 g/mol. The molecule has 0 saturated carbocycles. The molecule has 2 heterocycles. The number of fused-ring (bicyclic) bond motifs is 3. The standard InChI is InChI=1S/C17H12BrClN4/c1-11-21-15-8-7-12(18)9-14(15)17-20-10-16(19)23(22(11)17)13-5-3-2-4-6-13/h2-10H,1H3. The summed E-state index contributed by atoms with van der Waals surface area (Å²) in [5.41, 5.74) is 2.82. The maximum atomic E-state index is 6.43. The lowest BCUT2D eigenvalue weighted by atomic mass is 10.1. The van der Waals surface area contributed by atoms with Gasteiger partial charge in [-0.1, -0.05) is 45.7 Å². The van der Waals surface area contributed by atoms with Crippen LogP contribution in [0.3, 0.4) is 0 Å². The van der Waals surface area contributed by atoms with E-state index in [2.05, 4.69) is 20.9 Å². The number of halogens is 2. The van der Waals surface area contributed by atoms with Gasteiger partial charge in [0, 0.05) is 10.0 Å². The Morgan fingerprint density at radius 2 is 1.83 bits per heavy atom. The third-order valence-corrected chi connectivity index (χ3v) is 4.44. The SMILES string of the molecule is CC1=Nc2ccc(Br)cc2C2=NC=C(Cl)N(c3ccccc3)N12. The van der Waals surface area contributed by atoms with E-state index >= 15 is 0 Å². The van der Waals surface area contributed by atoms with Crippen molar-refractivity contribution in [1.82, 2.24) is 5.01 Å². The lowest BCUT2D eigenvalue weighted by Crippen LogP contribution is -2.51. The highest BCUT2D eigenvalue weighted by atomic mass is 79.9. The first-order valence-electron chi connectivity index (χ1n) is 7.09. The van der Waals surface area contributed by atoms with Gasteiger partial charge in [-0.25, -0.2) is 20.0 Å². The molecule has 0 amide bonds. The fourth-order valence-electron chi connectivity index (χ4n) is 2.71. The summed E-state index contributed by atoms with van der Waals surface area (Å²) < 4.78 is 0.987. The van der Waals surface area contributed by atoms with Gasteiger partial charge >= 0.3 is 0 Å². The molecule has 2 aromatic rings. The Labute approximate surface area is 147 Å². The summed E-state index contributed by atoms with van der Waals surface area (Å²) >= 11 is 9.95. The van der Waals surface area contributed by atoms with Crippen LogP contribution in [0.1, 0.15) is 12.5 Å². The molecule has 2 aliphatic rings. The van der Waals surface area contributed by atoms with Crippen molar-refractivity contribution >= 4 is 50.6 Å². The second kappa shape index (κ2) is 5.51. The Kier molecular flexibility index (Phi) is 3.47. The summed E-state index contributed by atoms with van der Waals surface area (Å²) in [6.45, 7) is 1.95. The van der Waals surface area contributed by atoms with Crippen LogP contribution >= 0.6 is 27.5 Å². The summed E-state index contributed by atoms with van der Waals surface area (Å²) in [4.78, 5) is 9.24. The van der Waals surface area contributed by atoms with Gasteiger partial charge in [-0.15, -0.1) is 0 Å². The van der Waals surface area contributed by atoms with Crippen LogP contribution in [0, 0.1) is 0 Å². The van der Waals surface area contributed by atoms with Crippen LogP contribution in [0.25, 0.3) is 0 Å². The molecule has 0 saturated heterocycles. The number of benzene rings is 2. The lowest BCUT2D eigenvalue weighted by molar-refractivity contribution is 0.591. The number of hydrazine groups is 1. The largest absolute Gasteiger partial charge is 0.233 e. The number of para-hydroxylation sites is 1. The molecule has 0 N–H and O–H groups in total. The Balaban J connectivity index is 1.91. The number of nitrogens with zero attached hydrogens (tertiary/aromatic N) is 4. The van der Waals surface area contributed by atoms with Crippen LogP contribution in [0.2, 0.25) is 0 Å². The van der Waals surface area contributed by atoms with Crippen molar-refractivity contribution in [3.8, 4) is 0 Å². The first-order valence-corrected chi connectivity index (χ1v) is 8.26. The van der Waals surface area contributed by atoms with E-state index in [1.807, 2.05) is 65.5 Å². The Morgan fingerprint density at radius 1 is 1.04 bits per heavy atom. The molecule has 0 fully saturated rings. The zero-order valence-corrected chi connectivity index (χ0v) is 14.6. The third kappa shape index (κ3) is 2.36. The molecule has 0 atom stereocenters. The van der Waals surface area contributed by atoms with Gasteiger partial charge in [0.15, 0.2) is 5.84 Å². The minimum absolute atomic E-state index is 0.521. The Morgan fingerprint density at radius 3 is 2.61 bits per heavy atom. The number of amidine groups is 2. The quantitative estimate of drug-likeness (QED) is 0.642. The minimum Gasteiger partial charge on any atom is -0.233 e. The molecule has 6 heteroatoms. The van der Waals surface area contributed by atoms with Crippen LogP contribution in [0.15, 0.2) is 74.3 Å². The van der Waals surface area contributed by atoms with E-state index in [9.17, 15) is 0 Å². The first-order chi connectivity index (χ1) is 11.1. The van der Waals surface area contributed by atoms with Crippen LogP contribution in [-0.4, -0.2) is 16.7 Å². The van der Waals surface area contributed by atoms with Gasteiger partial charge in [0.1, 0.15) is 11.0 Å². The van der Waals surface area contributed by atoms with Crippen molar-refractivity contribution in [3.05, 3.63) is 69.9 Å². The highest BCUT2D eigenvalue weighted by Gasteiger charge is 2.33. The molecule has 0 radical (unpaired) electrons. The summed E-state index contributed by atoms with van der Waals surface area (Å²) in [6.07, 6.45) is 1.67. The smallest absolute Gasteiger partial charge is 0.163 e. The van der Waals surface area contributed by atoms with Crippen molar-refractivity contribution in [3.63, 3.8) is 0 Å². The highest BCUT2D eigenvalue weighted by molar-refractivity contribution is 9.10. The van der Waals surface area contributed by atoms with Gasteiger partial charge in [0.05, 0.1) is 17.6 Å². The molecule has 0 unspecified atom stereocenters. The van der Waals surface area contributed by atoms with Crippen molar-refractivity contribution < 1.29 is 0 Å². The Hall–Kier alpha value is -2.11. The third-order valence-electron chi connectivity index (χ3n) is 3.69. The van der Waals surface area contributed by atoms with E-state index in [-0.39, 0.29) is 0 Å². The summed E-state index contributed by atoms with van der Waals surface area (Å²) in [6, 6.07) is 15.9. The number of hydrogen-bond acceptors (Lipinski definition) is 4. The van der Waals surface area contributed by atoms with Crippen LogP contribution in [-0.2, 0) is 0 Å². The van der Waals surface area contributed by atoms with Gasteiger partial charge < -0.3 is 0 Å². The number of anilines is 1. The molecule has 0 aliphatic carbocycles. The number of rotatable bonds is 1. The lowest BCUT2D eigenvalue weighted by Gasteiger charge is -2.41. The predicted octanol–water partition coefficient (Wildman–Crippen LogP) is 5.03. The molecule has 4 rings (SSSR count). The predicted molar refractivity (Wildman–Crippen MR) is 98.1 cm³/mol. The van der Waals surface area contributed by atoms with Crippen molar-refractivity contribution in [2.24, 2.45) is 9.98 Å². The molecule has 23 heavy (non-hydrogen) atoms. The van der Waals surface area contributed by atoms with Gasteiger partial charge in [0.25, 0.3) is 0 Å². The zero-order chi connectivity index (χ0) is 16.0. The molecule has 2 aliphatic heterocycles. The van der Waals surface area contributed by atoms with E-state index < -0.39 is 0 Å². The van der Waals surface area contributed by atoms with Gasteiger partial charge in [-0.05, 0) is 37.3 Å². The van der Waals surface area contributed by atoms with E-state index in [4.69, 9.17) is 16.6 Å². The van der Waals surface area contributed by atoms with Crippen LogP contribution < -0.4 is 5.01 Å². The van der Waals surface area contributed by atoms with Gasteiger partial charge in [-0.2, -0.15) is 0 Å². The van der Waals surface area contributed by atoms with Crippen molar-refractivity contribution in [2.75, 3.05) is 5.01 Å². The minimum atomic E-state index is 0.521. The fourth-order valence-corrected chi connectivity index (χ4v) is 3.29. The van der Waals surface area contributed by atoms with E-state index in [1.165, 1.54) is 0 Å². The Bertz CT molecular complexity index is 873. The molecular weight excluding hydrogens is 376 g/mol. The van der Waals surface area contributed by atoms with Crippen molar-refractivity contribution in [1.29, 1.82) is 0 Å². The number of hydrogen-bond donors (Lipinski definition) is 0. The summed E-state index contributed by atoms with van der Waals surface area (Å²) in [7, 11) is 0. The molecule has 114 valence electrons. The van der Waals surface area contributed by atoms with Crippen LogP contribution in [0.5, 0.6) is 0 Å². The molecular formula is C17H12BrClN4. The molecule has 0 bridgehead atoms. The second-order valence-corrected chi connectivity index (χ2v) is 6.49. The maximum absolute atomic E-state index is 6.43. The van der Waals surface area contributed by atoms with Gasteiger partial charge in [-0.3, -0.25) is 0 Å². The molecule has 0 aromatic heterocycles. The topological polar surface area (TPSA) is 31.2 Å². The van der Waals surface area contributed by atoms with E-state index in [0.29, 0.717) is 5.16 Å². The maximum Gasteiger partial charge on any atom is 0.163 e. The molecule has 0 spiro atoms. The van der Waals surface area contributed by atoms with Crippen molar-refractivity contribution in [2.45, 2.75) is 6.92 Å². The monoisotopic (exact) mass is 386 g/mol. The molecule has 4 nitrogen and oxygen atoms in total. The zero-order valence-electron chi connectivity index (χ0n) is 12.2. The van der Waals surface area contributed by atoms with E-state index in [0.717, 1.165) is 33.1 Å². The molecule has 2 aromatic carbocycles. The highest BCUT2D eigenvalue weighted by Crippen LogP contribution is 2.35. The summed E-state index contributed by atoms with van der Waals surface area (Å²) in [5, 5.41) is 4.37. The van der Waals surface area contributed by atoms with Gasteiger partial charge in [0.2, 0.25) is 0 Å². The normalized spacial score (nSPS) is 16.2. The van der Waals surface area contributed by atoms with E-state index in [1.54, 1.807) is 6.20 Å². The number of aliphatic imine (C=N–C) groups is 2. The van der Waals surface area contributed by atoms with Crippen LogP contribution in [0.4, 0.5) is 11.4 Å². The average Bonchev–Trinajstić information content (AvgIpc) is 2.56. The summed E-state index contributed by atoms with van der Waals surface area (Å²) in [5.74, 6) is 1.62. The first kappa shape index (κ1) is 14.5. The fraction of sp³-hybridized carbons (Fsp3) is 0.0588. The second-order valence-electron chi connectivity index (χ2n) is 5.18.